The van der Waals surface area contributed by atoms with Crippen molar-refractivity contribution >= 4 is 17.7 Å². The normalized spacial score (nSPS) is 10.7. The number of aromatic nitrogens is 2. The number of benzene rings is 2. The summed E-state index contributed by atoms with van der Waals surface area (Å²) < 4.78 is 1.84. The lowest BCUT2D eigenvalue weighted by molar-refractivity contribution is -0.120. The molecule has 1 N–H and O–H groups in total. The molecule has 0 saturated carbocycles. The number of nitrogens with zero attached hydrogens (tertiary/aromatic N) is 2. The number of thioether (sulfide) groups is 1. The molecule has 1 aromatic heterocycles. The van der Waals surface area contributed by atoms with Crippen molar-refractivity contribution in [2.45, 2.75) is 24.7 Å². The van der Waals surface area contributed by atoms with E-state index in [-0.39, 0.29) is 5.91 Å². The van der Waals surface area contributed by atoms with Gasteiger partial charge in [-0.3, -0.25) is 4.79 Å². The van der Waals surface area contributed by atoms with Gasteiger partial charge in [-0.05, 0) is 43.2 Å². The molecule has 134 valence electrons. The molecule has 4 nitrogen and oxygen atoms in total. The Bertz CT molecular complexity index is 828. The average molecular weight is 366 g/mol. The van der Waals surface area contributed by atoms with E-state index in [9.17, 15) is 4.79 Å². The number of nitrogens with one attached hydrogen (secondary N) is 1. The molecule has 0 aliphatic heterocycles. The topological polar surface area (TPSA) is 46.9 Å². The second-order valence-electron chi connectivity index (χ2n) is 6.14. The van der Waals surface area contributed by atoms with Crippen molar-refractivity contribution < 1.29 is 4.79 Å². The summed E-state index contributed by atoms with van der Waals surface area (Å²) in [7, 11) is 0. The van der Waals surface area contributed by atoms with Gasteiger partial charge < -0.3 is 5.32 Å². The van der Waals surface area contributed by atoms with Crippen LogP contribution in [0.15, 0.2) is 71.9 Å². The average Bonchev–Trinajstić information content (AvgIpc) is 3.15. The summed E-state index contributed by atoms with van der Waals surface area (Å²) in [6.45, 7) is 2.76. The molecule has 0 spiro atoms. The minimum Gasteiger partial charge on any atom is -0.355 e. The first-order chi connectivity index (χ1) is 12.7. The Hall–Kier alpha value is -2.53. The van der Waals surface area contributed by atoms with Gasteiger partial charge in [-0.15, -0.1) is 11.8 Å². The summed E-state index contributed by atoms with van der Waals surface area (Å²) in [6.07, 6.45) is 4.99. The Kier molecular flexibility index (Phi) is 6.50. The van der Waals surface area contributed by atoms with E-state index >= 15 is 0 Å². The Balaban J connectivity index is 1.36. The highest BCUT2D eigenvalue weighted by molar-refractivity contribution is 7.99. The van der Waals surface area contributed by atoms with Crippen molar-refractivity contribution in [3.63, 3.8) is 0 Å². The molecule has 5 heteroatoms. The SMILES string of the molecule is Cc1ccc(SCCNC(=O)CCc2cnn(-c3ccccc3)c2)cc1. The van der Waals surface area contributed by atoms with Gasteiger partial charge in [-0.25, -0.2) is 4.68 Å². The number of para-hydroxylation sites is 1. The van der Waals surface area contributed by atoms with Crippen LogP contribution in [0.2, 0.25) is 0 Å². The lowest BCUT2D eigenvalue weighted by Gasteiger charge is -2.05. The Morgan fingerprint density at radius 1 is 1.12 bits per heavy atom. The maximum atomic E-state index is 12.0. The molecule has 0 radical (unpaired) electrons. The van der Waals surface area contributed by atoms with E-state index in [1.165, 1.54) is 10.5 Å². The van der Waals surface area contributed by atoms with Gasteiger partial charge in [-0.2, -0.15) is 5.10 Å². The molecule has 26 heavy (non-hydrogen) atoms. The van der Waals surface area contributed by atoms with Gasteiger partial charge in [0.25, 0.3) is 0 Å². The molecule has 0 bridgehead atoms. The summed E-state index contributed by atoms with van der Waals surface area (Å²) in [4.78, 5) is 13.2. The van der Waals surface area contributed by atoms with Gasteiger partial charge >= 0.3 is 0 Å². The standard InChI is InChI=1S/C21H23N3OS/c1-17-7-10-20(11-8-17)26-14-13-22-21(25)12-9-18-15-23-24(16-18)19-5-3-2-4-6-19/h2-8,10-11,15-16H,9,12-14H2,1H3,(H,22,25). The van der Waals surface area contributed by atoms with Crippen LogP contribution >= 0.6 is 11.8 Å². The van der Waals surface area contributed by atoms with Gasteiger partial charge in [0.05, 0.1) is 11.9 Å². The van der Waals surface area contributed by atoms with Crippen LogP contribution in [0.25, 0.3) is 5.69 Å². The van der Waals surface area contributed by atoms with Gasteiger partial charge in [-0.1, -0.05) is 35.9 Å². The minimum atomic E-state index is 0.0852. The molecule has 0 unspecified atom stereocenters. The molecule has 0 fully saturated rings. The molecule has 1 heterocycles. The van der Waals surface area contributed by atoms with Crippen molar-refractivity contribution in [2.24, 2.45) is 0 Å². The molecule has 0 atom stereocenters. The first kappa shape index (κ1) is 18.3. The van der Waals surface area contributed by atoms with E-state index in [1.807, 2.05) is 47.4 Å². The third-order valence-corrected chi connectivity index (χ3v) is 5.03. The van der Waals surface area contributed by atoms with Gasteiger partial charge in [0.1, 0.15) is 0 Å². The molecule has 0 aliphatic carbocycles. The van der Waals surface area contributed by atoms with Gasteiger partial charge in [0.15, 0.2) is 0 Å². The lowest BCUT2D eigenvalue weighted by Crippen LogP contribution is -2.25. The maximum Gasteiger partial charge on any atom is 0.220 e. The second-order valence-corrected chi connectivity index (χ2v) is 7.31. The smallest absolute Gasteiger partial charge is 0.220 e. The molecule has 1 amide bonds. The third-order valence-electron chi connectivity index (χ3n) is 4.01. The summed E-state index contributed by atoms with van der Waals surface area (Å²) in [5.41, 5.74) is 3.35. The van der Waals surface area contributed by atoms with Crippen LogP contribution < -0.4 is 5.32 Å². The Morgan fingerprint density at radius 3 is 2.65 bits per heavy atom. The van der Waals surface area contributed by atoms with E-state index in [0.29, 0.717) is 19.4 Å². The molecule has 0 aliphatic rings. The Labute approximate surface area is 158 Å². The van der Waals surface area contributed by atoms with Crippen molar-refractivity contribution in [2.75, 3.05) is 12.3 Å². The zero-order valence-corrected chi connectivity index (χ0v) is 15.7. The van der Waals surface area contributed by atoms with Crippen molar-refractivity contribution in [1.82, 2.24) is 15.1 Å². The summed E-state index contributed by atoms with van der Waals surface area (Å²) in [6, 6.07) is 18.4. The number of hydrogen-bond acceptors (Lipinski definition) is 3. The minimum absolute atomic E-state index is 0.0852. The van der Waals surface area contributed by atoms with Crippen molar-refractivity contribution in [3.05, 3.63) is 78.1 Å². The van der Waals surface area contributed by atoms with Crippen LogP contribution in [-0.4, -0.2) is 28.0 Å². The first-order valence-electron chi connectivity index (χ1n) is 8.76. The molecule has 3 aromatic rings. The number of amides is 1. The fraction of sp³-hybridized carbons (Fsp3) is 0.238. The maximum absolute atomic E-state index is 12.0. The monoisotopic (exact) mass is 365 g/mol. The lowest BCUT2D eigenvalue weighted by atomic mass is 10.2. The molecule has 2 aromatic carbocycles. The quantitative estimate of drug-likeness (QED) is 0.484. The van der Waals surface area contributed by atoms with Gasteiger partial charge in [0.2, 0.25) is 5.91 Å². The van der Waals surface area contributed by atoms with E-state index in [2.05, 4.69) is 41.6 Å². The highest BCUT2D eigenvalue weighted by Gasteiger charge is 2.05. The summed E-state index contributed by atoms with van der Waals surface area (Å²) in [5.74, 6) is 0.961. The van der Waals surface area contributed by atoms with Crippen LogP contribution in [0.3, 0.4) is 0 Å². The summed E-state index contributed by atoms with van der Waals surface area (Å²) in [5, 5.41) is 7.35. The van der Waals surface area contributed by atoms with Crippen molar-refractivity contribution in [3.8, 4) is 5.69 Å². The zero-order chi connectivity index (χ0) is 18.2. The van der Waals surface area contributed by atoms with Crippen LogP contribution in [-0.2, 0) is 11.2 Å². The number of hydrogen-bond donors (Lipinski definition) is 1. The first-order valence-corrected chi connectivity index (χ1v) is 9.74. The third kappa shape index (κ3) is 5.49. The number of carbonyl (C=O) groups excluding carboxylic acids is 1. The fourth-order valence-electron chi connectivity index (χ4n) is 2.55. The van der Waals surface area contributed by atoms with E-state index in [1.54, 1.807) is 11.8 Å². The molecule has 3 rings (SSSR count). The predicted octanol–water partition coefficient (Wildman–Crippen LogP) is 4.02. The van der Waals surface area contributed by atoms with Crippen LogP contribution in [0, 0.1) is 6.92 Å². The molecule has 0 saturated heterocycles. The molecular weight excluding hydrogens is 342 g/mol. The van der Waals surface area contributed by atoms with Crippen LogP contribution in [0.4, 0.5) is 0 Å². The number of rotatable bonds is 8. The highest BCUT2D eigenvalue weighted by atomic mass is 32.2. The van der Waals surface area contributed by atoms with Crippen LogP contribution in [0.5, 0.6) is 0 Å². The molecular formula is C21H23N3OS. The summed E-state index contributed by atoms with van der Waals surface area (Å²) >= 11 is 1.76. The van der Waals surface area contributed by atoms with Gasteiger partial charge in [0, 0.05) is 29.8 Å². The number of carbonyl (C=O) groups is 1. The largest absolute Gasteiger partial charge is 0.355 e. The van der Waals surface area contributed by atoms with Crippen molar-refractivity contribution in [1.29, 1.82) is 0 Å². The van der Waals surface area contributed by atoms with E-state index in [0.717, 1.165) is 17.0 Å². The number of aryl methyl sites for hydroxylation is 2. The fourth-order valence-corrected chi connectivity index (χ4v) is 3.32. The Morgan fingerprint density at radius 2 is 1.88 bits per heavy atom. The zero-order valence-electron chi connectivity index (χ0n) is 14.9. The highest BCUT2D eigenvalue weighted by Crippen LogP contribution is 2.17. The second kappa shape index (κ2) is 9.25. The van der Waals surface area contributed by atoms with E-state index in [4.69, 9.17) is 0 Å². The van der Waals surface area contributed by atoms with Crippen LogP contribution in [0.1, 0.15) is 17.5 Å². The van der Waals surface area contributed by atoms with E-state index < -0.39 is 0 Å². The predicted molar refractivity (Wildman–Crippen MR) is 107 cm³/mol.